The maximum atomic E-state index is 12.8. The topological polar surface area (TPSA) is 82.6 Å². The van der Waals surface area contributed by atoms with Crippen molar-refractivity contribution in [2.45, 2.75) is 55.1 Å². The third kappa shape index (κ3) is 6.05. The molecule has 9 heteroatoms. The quantitative estimate of drug-likeness (QED) is 0.378. The van der Waals surface area contributed by atoms with Crippen molar-refractivity contribution in [3.8, 4) is 0 Å². The van der Waals surface area contributed by atoms with E-state index < -0.39 is 11.2 Å². The first-order valence-electron chi connectivity index (χ1n) is 13.9. The molecule has 0 radical (unpaired) electrons. The van der Waals surface area contributed by atoms with E-state index in [2.05, 4.69) is 34.5 Å². The Balaban J connectivity index is 1.21. The van der Waals surface area contributed by atoms with Crippen LogP contribution >= 0.6 is 11.6 Å². The molecule has 1 aromatic heterocycles. The summed E-state index contributed by atoms with van der Waals surface area (Å²) in [7, 11) is 0. The van der Waals surface area contributed by atoms with Crippen LogP contribution in [0.2, 0.25) is 5.02 Å². The van der Waals surface area contributed by atoms with Gasteiger partial charge in [0, 0.05) is 49.2 Å². The molecule has 3 aliphatic heterocycles. The van der Waals surface area contributed by atoms with E-state index in [0.29, 0.717) is 19.0 Å². The molecule has 0 aliphatic carbocycles. The van der Waals surface area contributed by atoms with Crippen molar-refractivity contribution in [3.05, 3.63) is 76.4 Å². The van der Waals surface area contributed by atoms with Gasteiger partial charge in [0.15, 0.2) is 5.82 Å². The number of nitrogens with zero attached hydrogens (tertiary/aromatic N) is 3. The molecule has 1 atom stereocenters. The summed E-state index contributed by atoms with van der Waals surface area (Å²) in [5.41, 5.74) is 3.24. The highest BCUT2D eigenvalue weighted by Crippen LogP contribution is 2.39. The van der Waals surface area contributed by atoms with Crippen LogP contribution in [-0.2, 0) is 39.1 Å². The highest BCUT2D eigenvalue weighted by molar-refractivity contribution is 7.91. The molecule has 4 heterocycles. The zero-order chi connectivity index (χ0) is 26.7. The molecule has 0 spiro atoms. The first-order valence-corrected chi connectivity index (χ1v) is 15.6. The Morgan fingerprint density at radius 1 is 1.05 bits per heavy atom. The second kappa shape index (κ2) is 12.0. The first kappa shape index (κ1) is 26.8. The number of fused-ring (bicyclic) bond motifs is 1. The largest absolute Gasteiger partial charge is 0.611 e. The highest BCUT2D eigenvalue weighted by Gasteiger charge is 2.39. The summed E-state index contributed by atoms with van der Waals surface area (Å²) in [4.78, 5) is 13.0. The van der Waals surface area contributed by atoms with Crippen LogP contribution in [0.25, 0.3) is 0 Å². The molecule has 6 rings (SSSR count). The van der Waals surface area contributed by atoms with Gasteiger partial charge < -0.3 is 24.2 Å². The van der Waals surface area contributed by atoms with Gasteiger partial charge in [0.05, 0.1) is 13.2 Å². The molecule has 3 aromatic rings. The van der Waals surface area contributed by atoms with Crippen LogP contribution in [0.4, 0.5) is 11.8 Å². The fourth-order valence-corrected chi connectivity index (χ4v) is 7.29. The SMILES string of the molecule is [O-][S+]1CCc2nc(N3CCC(COCc4ccccc4)(c4ccc(Cl)cc4)CC3)nc(NC3CCOCC3)c21. The minimum atomic E-state index is -1.05. The maximum absolute atomic E-state index is 12.8. The van der Waals surface area contributed by atoms with E-state index in [-0.39, 0.29) is 11.5 Å². The summed E-state index contributed by atoms with van der Waals surface area (Å²) in [6.07, 6.45) is 4.42. The van der Waals surface area contributed by atoms with Gasteiger partial charge in [-0.3, -0.25) is 0 Å². The van der Waals surface area contributed by atoms with E-state index in [0.717, 1.165) is 85.8 Å². The minimum absolute atomic E-state index is 0.114. The number of aromatic nitrogens is 2. The van der Waals surface area contributed by atoms with Crippen LogP contribution in [0.3, 0.4) is 0 Å². The van der Waals surface area contributed by atoms with E-state index in [1.807, 2.05) is 30.3 Å². The van der Waals surface area contributed by atoms with Gasteiger partial charge in [-0.2, -0.15) is 4.98 Å². The van der Waals surface area contributed by atoms with Crippen molar-refractivity contribution in [1.29, 1.82) is 0 Å². The molecular formula is C30H35ClN4O3S. The molecular weight excluding hydrogens is 532 g/mol. The number of nitrogens with one attached hydrogen (secondary N) is 1. The predicted molar refractivity (Wildman–Crippen MR) is 155 cm³/mol. The van der Waals surface area contributed by atoms with Crippen LogP contribution in [0.5, 0.6) is 0 Å². The number of piperidine rings is 1. The normalized spacial score (nSPS) is 21.1. The van der Waals surface area contributed by atoms with Gasteiger partial charge in [0.25, 0.3) is 0 Å². The van der Waals surface area contributed by atoms with E-state index in [1.165, 1.54) is 11.1 Å². The molecule has 0 saturated carbocycles. The van der Waals surface area contributed by atoms with Gasteiger partial charge in [-0.15, -0.1) is 0 Å². The first-order chi connectivity index (χ1) is 19.1. The summed E-state index contributed by atoms with van der Waals surface area (Å²) in [6, 6.07) is 18.8. The van der Waals surface area contributed by atoms with E-state index >= 15 is 0 Å². The van der Waals surface area contributed by atoms with Crippen molar-refractivity contribution >= 4 is 34.5 Å². The molecule has 2 saturated heterocycles. The van der Waals surface area contributed by atoms with Crippen molar-refractivity contribution in [1.82, 2.24) is 9.97 Å². The Kier molecular flexibility index (Phi) is 8.27. The van der Waals surface area contributed by atoms with Crippen LogP contribution in [-0.4, -0.2) is 59.2 Å². The molecule has 0 amide bonds. The van der Waals surface area contributed by atoms with Gasteiger partial charge in [-0.25, -0.2) is 4.98 Å². The Labute approximate surface area is 238 Å². The van der Waals surface area contributed by atoms with E-state index in [4.69, 9.17) is 31.0 Å². The zero-order valence-corrected chi connectivity index (χ0v) is 23.7. The van der Waals surface area contributed by atoms with Gasteiger partial charge in [-0.05, 0) is 60.1 Å². The average Bonchev–Trinajstić information content (AvgIpc) is 3.35. The number of hydrogen-bond acceptors (Lipinski definition) is 7. The number of hydrogen-bond donors (Lipinski definition) is 1. The number of rotatable bonds is 8. The van der Waals surface area contributed by atoms with Crippen molar-refractivity contribution < 1.29 is 14.0 Å². The van der Waals surface area contributed by atoms with Gasteiger partial charge in [0.1, 0.15) is 11.4 Å². The van der Waals surface area contributed by atoms with Crippen molar-refractivity contribution in [2.24, 2.45) is 0 Å². The predicted octanol–water partition coefficient (Wildman–Crippen LogP) is 5.14. The Bertz CT molecular complexity index is 1250. The summed E-state index contributed by atoms with van der Waals surface area (Å²) in [5, 5.41) is 4.34. The fraction of sp³-hybridized carbons (Fsp3) is 0.467. The molecule has 7 nitrogen and oxygen atoms in total. The van der Waals surface area contributed by atoms with Gasteiger partial charge in [0.2, 0.25) is 10.8 Å². The molecule has 0 bridgehead atoms. The lowest BCUT2D eigenvalue weighted by Gasteiger charge is -2.42. The lowest BCUT2D eigenvalue weighted by Crippen LogP contribution is -2.46. The van der Waals surface area contributed by atoms with Gasteiger partial charge in [-0.1, -0.05) is 54.1 Å². The fourth-order valence-electron chi connectivity index (χ4n) is 5.85. The minimum Gasteiger partial charge on any atom is -0.611 e. The number of benzene rings is 2. The van der Waals surface area contributed by atoms with Crippen LogP contribution in [0, 0.1) is 0 Å². The lowest BCUT2D eigenvalue weighted by molar-refractivity contribution is 0.0591. The zero-order valence-electron chi connectivity index (χ0n) is 22.1. The Hall–Kier alpha value is -2.36. The monoisotopic (exact) mass is 566 g/mol. The second-order valence-electron chi connectivity index (χ2n) is 10.7. The third-order valence-electron chi connectivity index (χ3n) is 8.19. The summed E-state index contributed by atoms with van der Waals surface area (Å²) in [5.74, 6) is 2.10. The van der Waals surface area contributed by atoms with Crippen LogP contribution in [0.15, 0.2) is 59.5 Å². The van der Waals surface area contributed by atoms with Gasteiger partial charge >= 0.3 is 0 Å². The number of anilines is 2. The molecule has 39 heavy (non-hydrogen) atoms. The summed E-state index contributed by atoms with van der Waals surface area (Å²) >= 11 is 5.18. The molecule has 1 unspecified atom stereocenters. The summed E-state index contributed by atoms with van der Waals surface area (Å²) in [6.45, 7) is 4.34. The van der Waals surface area contributed by atoms with Crippen LogP contribution in [0.1, 0.15) is 42.5 Å². The maximum Gasteiger partial charge on any atom is 0.227 e. The van der Waals surface area contributed by atoms with Crippen molar-refractivity contribution in [2.75, 3.05) is 48.9 Å². The Morgan fingerprint density at radius 2 is 1.79 bits per heavy atom. The number of aryl methyl sites for hydroxylation is 1. The van der Waals surface area contributed by atoms with Crippen LogP contribution < -0.4 is 10.2 Å². The molecule has 206 valence electrons. The third-order valence-corrected chi connectivity index (χ3v) is 9.90. The lowest BCUT2D eigenvalue weighted by atomic mass is 9.73. The Morgan fingerprint density at radius 3 is 2.54 bits per heavy atom. The smallest absolute Gasteiger partial charge is 0.227 e. The number of halogens is 1. The molecule has 2 aromatic carbocycles. The standard InChI is InChI=1S/C30H35ClN4O3S/c31-24-8-6-23(7-9-24)30(21-38-20-22-4-2-1-3-5-22)13-15-35(16-14-30)29-33-26-12-19-39(36)27(26)28(34-29)32-25-10-17-37-18-11-25/h1-9,25H,10-21H2,(H,32,33,34). The van der Waals surface area contributed by atoms with Crippen molar-refractivity contribution in [3.63, 3.8) is 0 Å². The molecule has 1 N–H and O–H groups in total. The van der Waals surface area contributed by atoms with E-state index in [9.17, 15) is 4.55 Å². The second-order valence-corrected chi connectivity index (χ2v) is 12.7. The average molecular weight is 567 g/mol. The highest BCUT2D eigenvalue weighted by atomic mass is 35.5. The summed E-state index contributed by atoms with van der Waals surface area (Å²) < 4.78 is 24.7. The number of ether oxygens (including phenoxy) is 2. The molecule has 2 fully saturated rings. The molecule has 3 aliphatic rings. The van der Waals surface area contributed by atoms with E-state index in [1.54, 1.807) is 0 Å².